The molecule has 0 saturated carbocycles. The van der Waals surface area contributed by atoms with Crippen molar-refractivity contribution in [2.24, 2.45) is 0 Å². The predicted molar refractivity (Wildman–Crippen MR) is 92.7 cm³/mol. The maximum atomic E-state index is 6.03. The minimum absolute atomic E-state index is 0.426. The number of anilines is 1. The quantitative estimate of drug-likeness (QED) is 0.659. The van der Waals surface area contributed by atoms with Gasteiger partial charge in [0.15, 0.2) is 5.82 Å². The number of rotatable bonds is 2. The van der Waals surface area contributed by atoms with Gasteiger partial charge in [-0.2, -0.15) is 0 Å². The van der Waals surface area contributed by atoms with Crippen LogP contribution in [0.2, 0.25) is 0 Å². The van der Waals surface area contributed by atoms with Crippen LogP contribution in [0.15, 0.2) is 63.5 Å². The molecule has 1 aromatic heterocycles. The molecule has 2 N–H and O–H groups in total. The highest BCUT2D eigenvalue weighted by molar-refractivity contribution is 9.11. The third kappa shape index (κ3) is 2.84. The number of benzene rings is 2. The Hall–Kier alpha value is -1.72. The summed E-state index contributed by atoms with van der Waals surface area (Å²) in [6.45, 7) is 0. The third-order valence-corrected chi connectivity index (χ3v) is 4.51. The molecular weight excluding hydrogens is 394 g/mol. The van der Waals surface area contributed by atoms with E-state index in [2.05, 4.69) is 41.8 Å². The molecule has 0 aliphatic heterocycles. The second kappa shape index (κ2) is 5.95. The van der Waals surface area contributed by atoms with Crippen LogP contribution < -0.4 is 5.73 Å². The van der Waals surface area contributed by atoms with Gasteiger partial charge in [-0.05, 0) is 22.0 Å². The van der Waals surface area contributed by atoms with E-state index < -0.39 is 0 Å². The summed E-state index contributed by atoms with van der Waals surface area (Å²) in [6, 6.07) is 17.7. The maximum Gasteiger partial charge on any atom is 0.163 e. The van der Waals surface area contributed by atoms with E-state index in [0.717, 1.165) is 21.3 Å². The molecule has 0 aliphatic rings. The van der Waals surface area contributed by atoms with Crippen LogP contribution in [0, 0.1) is 0 Å². The monoisotopic (exact) mass is 403 g/mol. The fourth-order valence-corrected chi connectivity index (χ4v) is 2.88. The lowest BCUT2D eigenvalue weighted by molar-refractivity contribution is 1.17. The largest absolute Gasteiger partial charge is 0.383 e. The molecule has 0 aliphatic carbocycles. The van der Waals surface area contributed by atoms with Gasteiger partial charge in [-0.1, -0.05) is 64.5 Å². The second-order valence-corrected chi connectivity index (χ2v) is 6.09. The Balaban J connectivity index is 2.22. The van der Waals surface area contributed by atoms with Crippen LogP contribution in [-0.4, -0.2) is 9.97 Å². The van der Waals surface area contributed by atoms with Crippen LogP contribution in [0.5, 0.6) is 0 Å². The van der Waals surface area contributed by atoms with E-state index in [-0.39, 0.29) is 0 Å². The van der Waals surface area contributed by atoms with E-state index in [9.17, 15) is 0 Å². The van der Waals surface area contributed by atoms with Crippen molar-refractivity contribution in [3.05, 3.63) is 63.5 Å². The van der Waals surface area contributed by atoms with Gasteiger partial charge in [-0.25, -0.2) is 9.97 Å². The lowest BCUT2D eigenvalue weighted by Crippen LogP contribution is -2.00. The predicted octanol–water partition coefficient (Wildman–Crippen LogP) is 4.92. The summed E-state index contributed by atoms with van der Waals surface area (Å²) >= 11 is 7.00. The highest BCUT2D eigenvalue weighted by atomic mass is 79.9. The van der Waals surface area contributed by atoms with Crippen molar-refractivity contribution in [1.29, 1.82) is 0 Å². The average Bonchev–Trinajstić information content (AvgIpc) is 2.51. The molecule has 0 fully saturated rings. The molecule has 0 amide bonds. The Morgan fingerprint density at radius 3 is 2.19 bits per heavy atom. The summed E-state index contributed by atoms with van der Waals surface area (Å²) in [6.07, 6.45) is 0. The normalized spacial score (nSPS) is 10.6. The van der Waals surface area contributed by atoms with Crippen molar-refractivity contribution in [3.63, 3.8) is 0 Å². The summed E-state index contributed by atoms with van der Waals surface area (Å²) in [4.78, 5) is 9.05. The molecule has 0 bridgehead atoms. The lowest BCUT2D eigenvalue weighted by Gasteiger charge is -2.10. The third-order valence-electron chi connectivity index (χ3n) is 3.04. The number of hydrogen-bond acceptors (Lipinski definition) is 3. The molecule has 5 heteroatoms. The highest BCUT2D eigenvalue weighted by Gasteiger charge is 2.14. The minimum Gasteiger partial charge on any atom is -0.383 e. The SMILES string of the molecule is Nc1nc(-c2ccccc2Br)nc(-c2ccccc2)c1Br. The van der Waals surface area contributed by atoms with Gasteiger partial charge in [0, 0.05) is 15.6 Å². The standard InChI is InChI=1S/C16H11Br2N3/c17-12-9-5-4-8-11(12)16-20-14(13(18)15(19)21-16)10-6-2-1-3-7-10/h1-9H,(H2,19,20,21). The number of nitrogen functional groups attached to an aromatic ring is 1. The number of nitrogens with two attached hydrogens (primary N) is 1. The molecule has 21 heavy (non-hydrogen) atoms. The van der Waals surface area contributed by atoms with Crippen LogP contribution >= 0.6 is 31.9 Å². The van der Waals surface area contributed by atoms with Crippen LogP contribution in [0.1, 0.15) is 0 Å². The van der Waals surface area contributed by atoms with Gasteiger partial charge in [0.25, 0.3) is 0 Å². The van der Waals surface area contributed by atoms with Crippen molar-refractivity contribution in [2.45, 2.75) is 0 Å². The Morgan fingerprint density at radius 2 is 1.48 bits per heavy atom. The average molecular weight is 405 g/mol. The number of nitrogens with zero attached hydrogens (tertiary/aromatic N) is 2. The van der Waals surface area contributed by atoms with Crippen molar-refractivity contribution >= 4 is 37.7 Å². The number of halogens is 2. The Labute approximate surface area is 139 Å². The topological polar surface area (TPSA) is 51.8 Å². The molecule has 0 unspecified atom stereocenters. The van der Waals surface area contributed by atoms with Crippen LogP contribution in [0.25, 0.3) is 22.6 Å². The molecule has 3 aromatic rings. The fraction of sp³-hybridized carbons (Fsp3) is 0. The Morgan fingerprint density at radius 1 is 0.810 bits per heavy atom. The summed E-state index contributed by atoms with van der Waals surface area (Å²) in [5, 5.41) is 0. The first-order valence-electron chi connectivity index (χ1n) is 6.30. The summed E-state index contributed by atoms with van der Waals surface area (Å²) in [5.41, 5.74) is 8.72. The van der Waals surface area contributed by atoms with Crippen molar-refractivity contribution in [3.8, 4) is 22.6 Å². The summed E-state index contributed by atoms with van der Waals surface area (Å²) < 4.78 is 1.65. The molecule has 0 saturated heterocycles. The van der Waals surface area contributed by atoms with Gasteiger partial charge in [-0.15, -0.1) is 0 Å². The van der Waals surface area contributed by atoms with Gasteiger partial charge < -0.3 is 5.73 Å². The maximum absolute atomic E-state index is 6.03. The van der Waals surface area contributed by atoms with Gasteiger partial charge in [0.2, 0.25) is 0 Å². The number of aromatic nitrogens is 2. The summed E-state index contributed by atoms with van der Waals surface area (Å²) in [5.74, 6) is 1.02. The zero-order valence-corrected chi connectivity index (χ0v) is 14.1. The Bertz CT molecular complexity index is 789. The molecular formula is C16H11Br2N3. The van der Waals surface area contributed by atoms with E-state index in [4.69, 9.17) is 5.73 Å². The van der Waals surface area contributed by atoms with Crippen LogP contribution in [-0.2, 0) is 0 Å². The second-order valence-electron chi connectivity index (χ2n) is 4.44. The number of hydrogen-bond donors (Lipinski definition) is 1. The first-order chi connectivity index (χ1) is 10.2. The lowest BCUT2D eigenvalue weighted by atomic mass is 10.1. The molecule has 3 nitrogen and oxygen atoms in total. The zero-order chi connectivity index (χ0) is 14.8. The van der Waals surface area contributed by atoms with Gasteiger partial charge in [-0.3, -0.25) is 0 Å². The highest BCUT2D eigenvalue weighted by Crippen LogP contribution is 2.34. The Kier molecular flexibility index (Phi) is 4.03. The van der Waals surface area contributed by atoms with Crippen molar-refractivity contribution in [1.82, 2.24) is 9.97 Å². The first-order valence-corrected chi connectivity index (χ1v) is 7.89. The van der Waals surface area contributed by atoms with Crippen LogP contribution in [0.4, 0.5) is 5.82 Å². The van der Waals surface area contributed by atoms with E-state index in [1.165, 1.54) is 0 Å². The summed E-state index contributed by atoms with van der Waals surface area (Å²) in [7, 11) is 0. The molecule has 0 radical (unpaired) electrons. The molecule has 1 heterocycles. The fourth-order valence-electron chi connectivity index (χ4n) is 2.01. The van der Waals surface area contributed by atoms with Gasteiger partial charge in [0.05, 0.1) is 10.2 Å². The first kappa shape index (κ1) is 14.2. The molecule has 0 atom stereocenters. The molecule has 0 spiro atoms. The zero-order valence-electron chi connectivity index (χ0n) is 10.9. The van der Waals surface area contributed by atoms with Crippen molar-refractivity contribution in [2.75, 3.05) is 5.73 Å². The molecule has 2 aromatic carbocycles. The van der Waals surface area contributed by atoms with Crippen molar-refractivity contribution < 1.29 is 0 Å². The van der Waals surface area contributed by atoms with Crippen LogP contribution in [0.3, 0.4) is 0 Å². The van der Waals surface area contributed by atoms with E-state index >= 15 is 0 Å². The van der Waals surface area contributed by atoms with Gasteiger partial charge >= 0.3 is 0 Å². The minimum atomic E-state index is 0.426. The molecule has 3 rings (SSSR count). The molecule has 104 valence electrons. The van der Waals surface area contributed by atoms with E-state index in [0.29, 0.717) is 16.1 Å². The van der Waals surface area contributed by atoms with Gasteiger partial charge in [0.1, 0.15) is 5.82 Å². The van der Waals surface area contributed by atoms with E-state index in [1.54, 1.807) is 0 Å². The smallest absolute Gasteiger partial charge is 0.163 e. The van der Waals surface area contributed by atoms with E-state index in [1.807, 2.05) is 54.6 Å².